The smallest absolute Gasteiger partial charge is 0.214 e. The first-order chi connectivity index (χ1) is 9.09. The molecule has 6 heteroatoms. The minimum atomic E-state index is -3.35. The summed E-state index contributed by atoms with van der Waals surface area (Å²) >= 11 is 0. The Morgan fingerprint density at radius 2 is 2.11 bits per heavy atom. The van der Waals surface area contributed by atoms with E-state index in [2.05, 4.69) is 16.6 Å². The van der Waals surface area contributed by atoms with Gasteiger partial charge in [-0.15, -0.1) is 0 Å². The fraction of sp³-hybridized carbons (Fsp3) is 0.385. The monoisotopic (exact) mass is 283 g/mol. The molecule has 0 saturated heterocycles. The SMILES string of the molecule is COCCS(=O)(=O)NCc1ccccc1C#CCO. The molecule has 0 fully saturated rings. The van der Waals surface area contributed by atoms with Crippen LogP contribution in [0.5, 0.6) is 0 Å². The zero-order valence-electron chi connectivity index (χ0n) is 10.7. The molecule has 0 aliphatic carbocycles. The molecule has 19 heavy (non-hydrogen) atoms. The van der Waals surface area contributed by atoms with E-state index in [4.69, 9.17) is 9.84 Å². The lowest BCUT2D eigenvalue weighted by molar-refractivity contribution is 0.217. The van der Waals surface area contributed by atoms with Gasteiger partial charge >= 0.3 is 0 Å². The van der Waals surface area contributed by atoms with Crippen LogP contribution in [0.15, 0.2) is 24.3 Å². The van der Waals surface area contributed by atoms with Crippen molar-refractivity contribution >= 4 is 10.0 Å². The van der Waals surface area contributed by atoms with Gasteiger partial charge in [0.1, 0.15) is 6.61 Å². The molecule has 0 atom stereocenters. The van der Waals surface area contributed by atoms with Crippen molar-refractivity contribution in [2.45, 2.75) is 6.54 Å². The number of hydrogen-bond donors (Lipinski definition) is 2. The molecule has 0 aromatic heterocycles. The maximum Gasteiger partial charge on any atom is 0.214 e. The van der Waals surface area contributed by atoms with Gasteiger partial charge in [-0.05, 0) is 11.6 Å². The van der Waals surface area contributed by atoms with Crippen molar-refractivity contribution in [3.05, 3.63) is 35.4 Å². The molecule has 0 heterocycles. The predicted octanol–water partition coefficient (Wildman–Crippen LogP) is 0.0962. The molecule has 0 amide bonds. The highest BCUT2D eigenvalue weighted by molar-refractivity contribution is 7.89. The first-order valence-electron chi connectivity index (χ1n) is 5.73. The minimum Gasteiger partial charge on any atom is -0.384 e. The molecule has 1 aromatic rings. The van der Waals surface area contributed by atoms with Gasteiger partial charge in [0, 0.05) is 19.2 Å². The summed E-state index contributed by atoms with van der Waals surface area (Å²) in [7, 11) is -1.90. The van der Waals surface area contributed by atoms with Crippen molar-refractivity contribution in [2.75, 3.05) is 26.1 Å². The van der Waals surface area contributed by atoms with Crippen LogP contribution in [-0.4, -0.2) is 39.6 Å². The second-order valence-corrected chi connectivity index (χ2v) is 5.68. The topological polar surface area (TPSA) is 75.6 Å². The van der Waals surface area contributed by atoms with Gasteiger partial charge in [-0.25, -0.2) is 13.1 Å². The van der Waals surface area contributed by atoms with E-state index >= 15 is 0 Å². The zero-order valence-corrected chi connectivity index (χ0v) is 11.5. The van der Waals surface area contributed by atoms with Crippen LogP contribution in [0, 0.1) is 11.8 Å². The second-order valence-electron chi connectivity index (χ2n) is 3.75. The number of sulfonamides is 1. The van der Waals surface area contributed by atoms with Crippen molar-refractivity contribution in [2.24, 2.45) is 0 Å². The van der Waals surface area contributed by atoms with Crippen LogP contribution in [0.3, 0.4) is 0 Å². The second kappa shape index (κ2) is 7.92. The molecule has 2 N–H and O–H groups in total. The van der Waals surface area contributed by atoms with Gasteiger partial charge in [0.2, 0.25) is 10.0 Å². The van der Waals surface area contributed by atoms with Crippen molar-refractivity contribution in [1.82, 2.24) is 4.72 Å². The van der Waals surface area contributed by atoms with E-state index in [0.717, 1.165) is 5.56 Å². The fourth-order valence-corrected chi connectivity index (χ4v) is 2.29. The molecule has 5 nitrogen and oxygen atoms in total. The summed E-state index contributed by atoms with van der Waals surface area (Å²) in [6.45, 7) is 0.0948. The highest BCUT2D eigenvalue weighted by Gasteiger charge is 2.10. The van der Waals surface area contributed by atoms with Gasteiger partial charge in [-0.3, -0.25) is 0 Å². The Morgan fingerprint density at radius 1 is 1.37 bits per heavy atom. The van der Waals surface area contributed by atoms with Crippen LogP contribution in [-0.2, 0) is 21.3 Å². The van der Waals surface area contributed by atoms with Crippen LogP contribution < -0.4 is 4.72 Å². The Balaban J connectivity index is 2.72. The maximum atomic E-state index is 11.6. The number of rotatable bonds is 6. The molecule has 0 aliphatic heterocycles. The number of nitrogens with one attached hydrogen (secondary N) is 1. The van der Waals surface area contributed by atoms with Gasteiger partial charge in [0.05, 0.1) is 12.4 Å². The molecular formula is C13H17NO4S. The average Bonchev–Trinajstić information content (AvgIpc) is 2.41. The normalized spacial score (nSPS) is 10.8. The van der Waals surface area contributed by atoms with E-state index in [-0.39, 0.29) is 25.5 Å². The number of ether oxygens (including phenoxy) is 1. The van der Waals surface area contributed by atoms with Gasteiger partial charge < -0.3 is 9.84 Å². The van der Waals surface area contributed by atoms with E-state index in [1.165, 1.54) is 7.11 Å². The summed E-state index contributed by atoms with van der Waals surface area (Å²) in [6.07, 6.45) is 0. The lowest BCUT2D eigenvalue weighted by Gasteiger charge is -2.07. The Labute approximate surface area is 113 Å². The zero-order chi connectivity index (χ0) is 14.1. The van der Waals surface area contributed by atoms with Crippen molar-refractivity contribution < 1.29 is 18.3 Å². The molecule has 1 rings (SSSR count). The molecule has 1 aromatic carbocycles. The van der Waals surface area contributed by atoms with E-state index in [9.17, 15) is 8.42 Å². The van der Waals surface area contributed by atoms with E-state index in [0.29, 0.717) is 5.56 Å². The number of benzene rings is 1. The average molecular weight is 283 g/mol. The number of aliphatic hydroxyl groups is 1. The van der Waals surface area contributed by atoms with Crippen molar-refractivity contribution in [3.63, 3.8) is 0 Å². The summed E-state index contributed by atoms with van der Waals surface area (Å²) in [4.78, 5) is 0. The Bertz CT molecular complexity index is 557. The standard InChI is InChI=1S/C13H17NO4S/c1-18-9-10-19(16,17)14-11-13-6-3-2-5-12(13)7-4-8-15/h2-3,5-6,14-15H,8-11H2,1H3. The van der Waals surface area contributed by atoms with Gasteiger partial charge in [-0.1, -0.05) is 30.0 Å². The molecule has 0 spiro atoms. The third kappa shape index (κ3) is 5.85. The first-order valence-corrected chi connectivity index (χ1v) is 7.38. The van der Waals surface area contributed by atoms with Crippen LogP contribution in [0.1, 0.15) is 11.1 Å². The Morgan fingerprint density at radius 3 is 2.79 bits per heavy atom. The van der Waals surface area contributed by atoms with Crippen LogP contribution >= 0.6 is 0 Å². The van der Waals surface area contributed by atoms with E-state index in [1.54, 1.807) is 12.1 Å². The summed E-state index contributed by atoms with van der Waals surface area (Å²) in [5.74, 6) is 5.25. The lowest BCUT2D eigenvalue weighted by Crippen LogP contribution is -2.28. The summed E-state index contributed by atoms with van der Waals surface area (Å²) in [5, 5.41) is 8.68. The first kappa shape index (κ1) is 15.7. The van der Waals surface area contributed by atoms with Crippen molar-refractivity contribution in [1.29, 1.82) is 0 Å². The maximum absolute atomic E-state index is 11.6. The quantitative estimate of drug-likeness (QED) is 0.726. The molecular weight excluding hydrogens is 266 g/mol. The lowest BCUT2D eigenvalue weighted by atomic mass is 10.1. The van der Waals surface area contributed by atoms with Crippen molar-refractivity contribution in [3.8, 4) is 11.8 Å². The number of hydrogen-bond acceptors (Lipinski definition) is 4. The highest BCUT2D eigenvalue weighted by Crippen LogP contribution is 2.07. The van der Waals surface area contributed by atoms with Gasteiger partial charge in [-0.2, -0.15) is 0 Å². The molecule has 104 valence electrons. The van der Waals surface area contributed by atoms with E-state index in [1.807, 2.05) is 12.1 Å². The van der Waals surface area contributed by atoms with Crippen LogP contribution in [0.4, 0.5) is 0 Å². The Kier molecular flexibility index (Phi) is 6.53. The number of methoxy groups -OCH3 is 1. The largest absolute Gasteiger partial charge is 0.384 e. The fourth-order valence-electron chi connectivity index (χ4n) is 1.38. The van der Waals surface area contributed by atoms with E-state index < -0.39 is 10.0 Å². The molecule has 0 radical (unpaired) electrons. The molecule has 0 aliphatic rings. The van der Waals surface area contributed by atoms with Crippen LogP contribution in [0.25, 0.3) is 0 Å². The van der Waals surface area contributed by atoms with Gasteiger partial charge in [0.25, 0.3) is 0 Å². The molecule has 0 unspecified atom stereocenters. The predicted molar refractivity (Wildman–Crippen MR) is 72.9 cm³/mol. The Hall–Kier alpha value is -1.39. The minimum absolute atomic E-state index is 0.0754. The molecule has 0 bridgehead atoms. The third-order valence-corrected chi connectivity index (χ3v) is 3.65. The summed E-state index contributed by atoms with van der Waals surface area (Å²) < 4.78 is 30.5. The third-order valence-electron chi connectivity index (χ3n) is 2.36. The van der Waals surface area contributed by atoms with Gasteiger partial charge in [0.15, 0.2) is 0 Å². The summed E-state index contributed by atoms with van der Waals surface area (Å²) in [5.41, 5.74) is 1.47. The summed E-state index contributed by atoms with van der Waals surface area (Å²) in [6, 6.07) is 7.19. The number of aliphatic hydroxyl groups excluding tert-OH is 1. The van der Waals surface area contributed by atoms with Crippen LogP contribution in [0.2, 0.25) is 0 Å². The molecule has 0 saturated carbocycles. The highest BCUT2D eigenvalue weighted by atomic mass is 32.2.